The van der Waals surface area contributed by atoms with Crippen LogP contribution < -0.4 is 5.43 Å². The quantitative estimate of drug-likeness (QED) is 0.470. The number of hydrogen-bond acceptors (Lipinski definition) is 8. The Hall–Kier alpha value is -3.30. The molecule has 0 radical (unpaired) electrons. The molecule has 0 amide bonds. The number of hydrazone groups is 1. The second kappa shape index (κ2) is 5.56. The number of aromatic carboxylic acids is 1. The molecule has 2 aromatic heterocycles. The third kappa shape index (κ3) is 3.13. The molecule has 2 rings (SSSR count). The Labute approximate surface area is 110 Å². The van der Waals surface area contributed by atoms with Crippen molar-refractivity contribution in [2.75, 3.05) is 5.43 Å². The number of carbonyl (C=O) groups is 1. The van der Waals surface area contributed by atoms with E-state index in [2.05, 4.69) is 20.7 Å². The Bertz CT molecular complexity index is 663. The minimum absolute atomic E-state index is 0.180. The number of rotatable bonds is 5. The minimum atomic E-state index is -1.18. The number of anilines is 1. The summed E-state index contributed by atoms with van der Waals surface area (Å²) >= 11 is 0. The largest absolute Gasteiger partial charge is 0.476 e. The summed E-state index contributed by atoms with van der Waals surface area (Å²) in [5.74, 6) is -1.18. The van der Waals surface area contributed by atoms with Crippen molar-refractivity contribution >= 4 is 23.9 Å². The summed E-state index contributed by atoms with van der Waals surface area (Å²) in [6, 6.07) is 5.20. The van der Waals surface area contributed by atoms with Gasteiger partial charge >= 0.3 is 11.9 Å². The average molecular weight is 277 g/mol. The summed E-state index contributed by atoms with van der Waals surface area (Å²) < 4.78 is 4.83. The normalized spacial score (nSPS) is 10.6. The fourth-order valence-corrected chi connectivity index (χ4v) is 1.18. The zero-order valence-electron chi connectivity index (χ0n) is 9.76. The molecule has 10 heteroatoms. The van der Waals surface area contributed by atoms with Crippen molar-refractivity contribution < 1.29 is 19.2 Å². The van der Waals surface area contributed by atoms with Crippen molar-refractivity contribution in [2.45, 2.75) is 0 Å². The van der Waals surface area contributed by atoms with Gasteiger partial charge < -0.3 is 9.52 Å². The molecule has 20 heavy (non-hydrogen) atoms. The van der Waals surface area contributed by atoms with E-state index in [0.29, 0.717) is 0 Å². The fourth-order valence-electron chi connectivity index (χ4n) is 1.18. The van der Waals surface area contributed by atoms with Gasteiger partial charge in [0.15, 0.2) is 17.3 Å². The molecule has 2 aromatic rings. The Morgan fingerprint density at radius 1 is 1.40 bits per heavy atom. The fraction of sp³-hybridized carbons (Fsp3) is 0. The van der Waals surface area contributed by atoms with Gasteiger partial charge in [-0.2, -0.15) is 5.10 Å². The van der Waals surface area contributed by atoms with Gasteiger partial charge in [-0.05, 0) is 18.2 Å². The molecule has 102 valence electrons. The van der Waals surface area contributed by atoms with Gasteiger partial charge in [0.05, 0.1) is 12.3 Å². The highest BCUT2D eigenvalue weighted by atomic mass is 16.6. The first-order chi connectivity index (χ1) is 9.56. The molecule has 2 heterocycles. The molecule has 2 N–H and O–H groups in total. The molecule has 0 saturated heterocycles. The van der Waals surface area contributed by atoms with Crippen LogP contribution in [0, 0.1) is 10.1 Å². The summed E-state index contributed by atoms with van der Waals surface area (Å²) in [4.78, 5) is 20.3. The second-order valence-electron chi connectivity index (χ2n) is 3.41. The van der Waals surface area contributed by atoms with E-state index in [1.54, 1.807) is 0 Å². The summed E-state index contributed by atoms with van der Waals surface area (Å²) in [6.45, 7) is 0. The molecule has 0 fully saturated rings. The maximum atomic E-state index is 10.5. The van der Waals surface area contributed by atoms with Crippen LogP contribution in [0.4, 0.5) is 11.7 Å². The van der Waals surface area contributed by atoms with E-state index in [1.807, 2.05) is 0 Å². The van der Waals surface area contributed by atoms with E-state index in [9.17, 15) is 14.9 Å². The standard InChI is InChI=1S/C10H7N5O5/c16-10(17)7-2-3-8(14-12-7)13-11-5-6-1-4-9(20-6)15(18)19/h1-5H,(H,13,14)(H,16,17)/b11-5+. The van der Waals surface area contributed by atoms with E-state index in [4.69, 9.17) is 9.52 Å². The van der Waals surface area contributed by atoms with Crippen LogP contribution in [0.5, 0.6) is 0 Å². The number of aromatic nitrogens is 2. The van der Waals surface area contributed by atoms with Gasteiger partial charge in [0.1, 0.15) is 4.92 Å². The highest BCUT2D eigenvalue weighted by molar-refractivity contribution is 5.85. The molecular formula is C10H7N5O5. The number of hydrogen-bond donors (Lipinski definition) is 2. The molecule has 0 unspecified atom stereocenters. The molecule has 10 nitrogen and oxygen atoms in total. The van der Waals surface area contributed by atoms with E-state index in [0.717, 1.165) is 0 Å². The molecule has 0 aliphatic carbocycles. The van der Waals surface area contributed by atoms with Gasteiger partial charge in [-0.1, -0.05) is 0 Å². The van der Waals surface area contributed by atoms with Crippen LogP contribution in [0.25, 0.3) is 0 Å². The van der Waals surface area contributed by atoms with Gasteiger partial charge in [0.25, 0.3) is 0 Å². The van der Waals surface area contributed by atoms with Crippen LogP contribution in [-0.2, 0) is 0 Å². The topological polar surface area (TPSA) is 144 Å². The first kappa shape index (κ1) is 13.1. The Kier molecular flexibility index (Phi) is 3.65. The Morgan fingerprint density at radius 3 is 2.75 bits per heavy atom. The van der Waals surface area contributed by atoms with Gasteiger partial charge in [0.2, 0.25) is 0 Å². The third-order valence-corrected chi connectivity index (χ3v) is 2.05. The van der Waals surface area contributed by atoms with Gasteiger partial charge in [0, 0.05) is 0 Å². The van der Waals surface area contributed by atoms with E-state index in [1.165, 1.54) is 30.5 Å². The van der Waals surface area contributed by atoms with Crippen LogP contribution in [0.1, 0.15) is 16.2 Å². The molecule has 0 spiro atoms. The number of carboxylic acids is 1. The van der Waals surface area contributed by atoms with Crippen molar-refractivity contribution in [1.29, 1.82) is 0 Å². The molecule has 0 atom stereocenters. The van der Waals surface area contributed by atoms with Crippen molar-refractivity contribution in [1.82, 2.24) is 10.2 Å². The van der Waals surface area contributed by atoms with Crippen molar-refractivity contribution in [3.63, 3.8) is 0 Å². The SMILES string of the molecule is O=C(O)c1ccc(N/N=C/c2ccc([N+](=O)[O-])o2)nn1. The predicted octanol–water partition coefficient (Wildman–Crippen LogP) is 1.12. The number of nitro groups is 1. The molecule has 0 aromatic carbocycles. The van der Waals surface area contributed by atoms with Crippen LogP contribution >= 0.6 is 0 Å². The Balaban J connectivity index is 1.98. The maximum Gasteiger partial charge on any atom is 0.433 e. The molecule has 0 aliphatic rings. The zero-order valence-corrected chi connectivity index (χ0v) is 9.76. The Morgan fingerprint density at radius 2 is 2.20 bits per heavy atom. The minimum Gasteiger partial charge on any atom is -0.476 e. The van der Waals surface area contributed by atoms with Crippen LogP contribution in [0.15, 0.2) is 33.8 Å². The average Bonchev–Trinajstić information content (AvgIpc) is 2.88. The highest BCUT2D eigenvalue weighted by Crippen LogP contribution is 2.13. The lowest BCUT2D eigenvalue weighted by Crippen LogP contribution is -2.03. The second-order valence-corrected chi connectivity index (χ2v) is 3.41. The molecular weight excluding hydrogens is 270 g/mol. The van der Waals surface area contributed by atoms with Crippen molar-refractivity contribution in [3.8, 4) is 0 Å². The number of furan rings is 1. The van der Waals surface area contributed by atoms with Crippen LogP contribution in [0.3, 0.4) is 0 Å². The molecule has 0 saturated carbocycles. The lowest BCUT2D eigenvalue weighted by atomic mass is 10.4. The number of carboxylic acid groups (broad SMARTS) is 1. The van der Waals surface area contributed by atoms with Crippen LogP contribution in [0.2, 0.25) is 0 Å². The monoisotopic (exact) mass is 277 g/mol. The summed E-state index contributed by atoms with van der Waals surface area (Å²) in [6.07, 6.45) is 1.21. The smallest absolute Gasteiger partial charge is 0.433 e. The molecule has 0 bridgehead atoms. The maximum absolute atomic E-state index is 10.5. The van der Waals surface area contributed by atoms with Gasteiger partial charge in [-0.15, -0.1) is 10.2 Å². The van der Waals surface area contributed by atoms with Gasteiger partial charge in [-0.3, -0.25) is 15.5 Å². The van der Waals surface area contributed by atoms with Gasteiger partial charge in [-0.25, -0.2) is 4.79 Å². The number of nitrogens with one attached hydrogen (secondary N) is 1. The first-order valence-electron chi connectivity index (χ1n) is 5.16. The summed E-state index contributed by atoms with van der Waals surface area (Å²) in [7, 11) is 0. The van der Waals surface area contributed by atoms with E-state index < -0.39 is 16.8 Å². The van der Waals surface area contributed by atoms with Crippen molar-refractivity contribution in [3.05, 3.63) is 45.8 Å². The summed E-state index contributed by atoms with van der Waals surface area (Å²) in [5, 5.41) is 29.7. The van der Waals surface area contributed by atoms with Crippen molar-refractivity contribution in [2.24, 2.45) is 5.10 Å². The van der Waals surface area contributed by atoms with Crippen LogP contribution in [-0.4, -0.2) is 32.4 Å². The lowest BCUT2D eigenvalue weighted by Gasteiger charge is -1.97. The van der Waals surface area contributed by atoms with E-state index >= 15 is 0 Å². The molecule has 0 aliphatic heterocycles. The predicted molar refractivity (Wildman–Crippen MR) is 65.6 cm³/mol. The lowest BCUT2D eigenvalue weighted by molar-refractivity contribution is -0.402. The first-order valence-corrected chi connectivity index (χ1v) is 5.16. The number of nitrogens with zero attached hydrogens (tertiary/aromatic N) is 4. The zero-order chi connectivity index (χ0) is 14.5. The summed E-state index contributed by atoms with van der Waals surface area (Å²) in [5.41, 5.74) is 2.28. The van der Waals surface area contributed by atoms with E-state index in [-0.39, 0.29) is 17.3 Å². The highest BCUT2D eigenvalue weighted by Gasteiger charge is 2.10. The third-order valence-electron chi connectivity index (χ3n) is 2.05.